The van der Waals surface area contributed by atoms with Crippen molar-refractivity contribution in [3.05, 3.63) is 35.9 Å². The summed E-state index contributed by atoms with van der Waals surface area (Å²) in [5.41, 5.74) is 1.31. The van der Waals surface area contributed by atoms with Crippen molar-refractivity contribution < 1.29 is 9.59 Å². The summed E-state index contributed by atoms with van der Waals surface area (Å²) in [5.74, 6) is -0.0421. The predicted molar refractivity (Wildman–Crippen MR) is 95.5 cm³/mol. The molecule has 0 saturated carbocycles. The zero-order valence-electron chi connectivity index (χ0n) is 15.2. The third-order valence-corrected chi connectivity index (χ3v) is 5.04. The van der Waals surface area contributed by atoms with Gasteiger partial charge in [-0.1, -0.05) is 30.3 Å². The molecule has 1 aromatic rings. The standard InChI is InChI=1S/C19H29N3O2/c1-5-22(19(24)14-20(4)16(3)23)18-11-12-21(13-18)15(2)17-9-7-6-8-10-17/h6-10,15,18H,5,11-14H2,1-4H3. The SMILES string of the molecule is CCN(C(=O)CN(C)C(C)=O)C1CCN(C(C)c2ccccc2)C1. The number of amides is 2. The van der Waals surface area contributed by atoms with Gasteiger partial charge in [-0.15, -0.1) is 0 Å². The second kappa shape index (κ2) is 8.29. The minimum Gasteiger partial charge on any atom is -0.337 e. The molecule has 5 nitrogen and oxygen atoms in total. The van der Waals surface area contributed by atoms with Crippen LogP contribution in [0, 0.1) is 0 Å². The van der Waals surface area contributed by atoms with Gasteiger partial charge in [-0.25, -0.2) is 0 Å². The number of likely N-dealkylation sites (N-methyl/N-ethyl adjacent to an activating group) is 2. The summed E-state index contributed by atoms with van der Waals surface area (Å²) >= 11 is 0. The van der Waals surface area contributed by atoms with Gasteiger partial charge in [0.25, 0.3) is 0 Å². The highest BCUT2D eigenvalue weighted by molar-refractivity contribution is 5.83. The van der Waals surface area contributed by atoms with E-state index in [1.165, 1.54) is 17.4 Å². The summed E-state index contributed by atoms with van der Waals surface area (Å²) in [5, 5.41) is 0. The molecule has 0 aromatic heterocycles. The van der Waals surface area contributed by atoms with Crippen molar-refractivity contribution in [3.63, 3.8) is 0 Å². The summed E-state index contributed by atoms with van der Waals surface area (Å²) in [6.07, 6.45) is 0.987. The first-order chi connectivity index (χ1) is 11.4. The van der Waals surface area contributed by atoms with Gasteiger partial charge >= 0.3 is 0 Å². The van der Waals surface area contributed by atoms with E-state index in [9.17, 15) is 9.59 Å². The molecule has 1 saturated heterocycles. The molecule has 1 heterocycles. The molecular formula is C19H29N3O2. The van der Waals surface area contributed by atoms with Crippen LogP contribution in [-0.4, -0.2) is 65.8 Å². The second-order valence-electron chi connectivity index (χ2n) is 6.58. The number of carbonyl (C=O) groups excluding carboxylic acids is 2. The fourth-order valence-corrected chi connectivity index (χ4v) is 3.36. The quantitative estimate of drug-likeness (QED) is 0.802. The van der Waals surface area contributed by atoms with Gasteiger partial charge in [0.1, 0.15) is 0 Å². The average molecular weight is 331 g/mol. The molecule has 2 unspecified atom stereocenters. The van der Waals surface area contributed by atoms with Crippen LogP contribution in [0.2, 0.25) is 0 Å². The van der Waals surface area contributed by atoms with Crippen LogP contribution in [0.4, 0.5) is 0 Å². The van der Waals surface area contributed by atoms with Crippen molar-refractivity contribution in [1.29, 1.82) is 0 Å². The molecule has 1 aliphatic rings. The van der Waals surface area contributed by atoms with Crippen molar-refractivity contribution in [2.24, 2.45) is 0 Å². The number of likely N-dealkylation sites (tertiary alicyclic amines) is 1. The molecule has 2 amide bonds. The molecule has 1 aromatic carbocycles. The van der Waals surface area contributed by atoms with Crippen LogP contribution in [0.25, 0.3) is 0 Å². The highest BCUT2D eigenvalue weighted by atomic mass is 16.2. The van der Waals surface area contributed by atoms with Crippen LogP contribution in [0.5, 0.6) is 0 Å². The lowest BCUT2D eigenvalue weighted by Gasteiger charge is -2.31. The van der Waals surface area contributed by atoms with Crippen LogP contribution < -0.4 is 0 Å². The molecule has 0 N–H and O–H groups in total. The van der Waals surface area contributed by atoms with Crippen LogP contribution >= 0.6 is 0 Å². The van der Waals surface area contributed by atoms with E-state index in [1.807, 2.05) is 17.9 Å². The lowest BCUT2D eigenvalue weighted by atomic mass is 10.1. The molecular weight excluding hydrogens is 302 g/mol. The van der Waals surface area contributed by atoms with Gasteiger partial charge in [-0.3, -0.25) is 14.5 Å². The highest BCUT2D eigenvalue weighted by Gasteiger charge is 2.32. The minimum absolute atomic E-state index is 0.0365. The van der Waals surface area contributed by atoms with Gasteiger partial charge in [0.2, 0.25) is 11.8 Å². The molecule has 0 spiro atoms. The maximum atomic E-state index is 12.5. The third kappa shape index (κ3) is 4.35. The molecule has 2 rings (SSSR count). The Morgan fingerprint density at radius 1 is 1.29 bits per heavy atom. The molecule has 24 heavy (non-hydrogen) atoms. The average Bonchev–Trinajstić information content (AvgIpc) is 3.05. The first-order valence-electron chi connectivity index (χ1n) is 8.74. The van der Waals surface area contributed by atoms with Gasteiger partial charge in [-0.2, -0.15) is 0 Å². The summed E-state index contributed by atoms with van der Waals surface area (Å²) in [7, 11) is 1.67. The van der Waals surface area contributed by atoms with Crippen molar-refractivity contribution in [2.45, 2.75) is 39.3 Å². The first-order valence-corrected chi connectivity index (χ1v) is 8.74. The van der Waals surface area contributed by atoms with E-state index in [-0.39, 0.29) is 24.4 Å². The van der Waals surface area contributed by atoms with Gasteiger partial charge in [0.15, 0.2) is 0 Å². The Balaban J connectivity index is 1.97. The number of hydrogen-bond acceptors (Lipinski definition) is 3. The molecule has 5 heteroatoms. The Hall–Kier alpha value is -1.88. The molecule has 1 fully saturated rings. The number of nitrogens with zero attached hydrogens (tertiary/aromatic N) is 3. The fourth-order valence-electron chi connectivity index (χ4n) is 3.36. The van der Waals surface area contributed by atoms with Crippen molar-refractivity contribution in [1.82, 2.24) is 14.7 Å². The lowest BCUT2D eigenvalue weighted by Crippen LogP contribution is -2.46. The fraction of sp³-hybridized carbons (Fsp3) is 0.579. The molecule has 1 aliphatic heterocycles. The number of hydrogen-bond donors (Lipinski definition) is 0. The normalized spacial score (nSPS) is 19.1. The molecule has 0 bridgehead atoms. The summed E-state index contributed by atoms with van der Waals surface area (Å²) in [6, 6.07) is 11.1. The zero-order chi connectivity index (χ0) is 17.7. The largest absolute Gasteiger partial charge is 0.337 e. The van der Waals surface area contributed by atoms with Crippen molar-refractivity contribution >= 4 is 11.8 Å². The van der Waals surface area contributed by atoms with E-state index in [0.29, 0.717) is 12.6 Å². The molecule has 132 valence electrons. The van der Waals surface area contributed by atoms with Crippen LogP contribution in [0.1, 0.15) is 38.8 Å². The molecule has 0 radical (unpaired) electrons. The van der Waals surface area contributed by atoms with Crippen molar-refractivity contribution in [2.75, 3.05) is 33.2 Å². The van der Waals surface area contributed by atoms with Crippen LogP contribution in [0.15, 0.2) is 30.3 Å². The third-order valence-electron chi connectivity index (χ3n) is 5.04. The van der Waals surface area contributed by atoms with E-state index < -0.39 is 0 Å². The summed E-state index contributed by atoms with van der Waals surface area (Å²) in [6.45, 7) is 8.44. The molecule has 2 atom stereocenters. The Bertz CT molecular complexity index is 561. The summed E-state index contributed by atoms with van der Waals surface area (Å²) < 4.78 is 0. The second-order valence-corrected chi connectivity index (χ2v) is 6.58. The number of carbonyl (C=O) groups is 2. The van der Waals surface area contributed by atoms with E-state index in [4.69, 9.17) is 0 Å². The maximum absolute atomic E-state index is 12.5. The van der Waals surface area contributed by atoms with E-state index in [2.05, 4.69) is 36.1 Å². The number of rotatable bonds is 6. The van der Waals surface area contributed by atoms with Gasteiger partial charge < -0.3 is 9.80 Å². The Morgan fingerprint density at radius 2 is 1.96 bits per heavy atom. The number of benzene rings is 1. The van der Waals surface area contributed by atoms with Gasteiger partial charge in [0.05, 0.1) is 6.54 Å². The minimum atomic E-state index is -0.0786. The zero-order valence-corrected chi connectivity index (χ0v) is 15.2. The predicted octanol–water partition coefficient (Wildman–Crippen LogP) is 2.15. The van der Waals surface area contributed by atoms with E-state index in [0.717, 1.165) is 19.5 Å². The first kappa shape index (κ1) is 18.5. The van der Waals surface area contributed by atoms with E-state index in [1.54, 1.807) is 7.05 Å². The highest BCUT2D eigenvalue weighted by Crippen LogP contribution is 2.26. The molecule has 0 aliphatic carbocycles. The Morgan fingerprint density at radius 3 is 2.54 bits per heavy atom. The Kier molecular flexibility index (Phi) is 6.37. The smallest absolute Gasteiger partial charge is 0.242 e. The van der Waals surface area contributed by atoms with Gasteiger partial charge in [0, 0.05) is 45.7 Å². The topological polar surface area (TPSA) is 43.9 Å². The van der Waals surface area contributed by atoms with Crippen LogP contribution in [0.3, 0.4) is 0 Å². The van der Waals surface area contributed by atoms with Gasteiger partial charge in [-0.05, 0) is 25.8 Å². The monoisotopic (exact) mass is 331 g/mol. The van der Waals surface area contributed by atoms with Crippen molar-refractivity contribution in [3.8, 4) is 0 Å². The lowest BCUT2D eigenvalue weighted by molar-refractivity contribution is -0.139. The Labute approximate surface area is 145 Å². The van der Waals surface area contributed by atoms with Crippen LogP contribution in [-0.2, 0) is 9.59 Å². The summed E-state index contributed by atoms with van der Waals surface area (Å²) in [4.78, 5) is 29.7. The maximum Gasteiger partial charge on any atom is 0.242 e. The van der Waals surface area contributed by atoms with E-state index >= 15 is 0 Å².